The molecule has 2 N–H and O–H groups in total. The molecule has 0 aromatic carbocycles. The average molecular weight is 223 g/mol. The summed E-state index contributed by atoms with van der Waals surface area (Å²) in [7, 11) is 0. The average Bonchev–Trinajstić information content (AvgIpc) is 2.69. The summed E-state index contributed by atoms with van der Waals surface area (Å²) in [6, 6.07) is 0. The van der Waals surface area contributed by atoms with Crippen molar-refractivity contribution in [2.75, 3.05) is 0 Å². The van der Waals surface area contributed by atoms with Crippen LogP contribution in [0.1, 0.15) is 12.5 Å². The van der Waals surface area contributed by atoms with Crippen LogP contribution < -0.4 is 5.56 Å². The first-order valence-corrected chi connectivity index (χ1v) is 5.37. The van der Waals surface area contributed by atoms with Crippen molar-refractivity contribution in [3.63, 3.8) is 0 Å². The van der Waals surface area contributed by atoms with Crippen LogP contribution in [0.5, 0.6) is 5.88 Å². The molecule has 2 aromatic rings. The number of hydrogen-bond acceptors (Lipinski definition) is 5. The third kappa shape index (κ3) is 1.75. The molecule has 0 fully saturated rings. The van der Waals surface area contributed by atoms with Gasteiger partial charge in [0.15, 0.2) is 5.82 Å². The Balaban J connectivity index is 2.58. The Bertz CT molecular complexity index is 519. The van der Waals surface area contributed by atoms with E-state index in [0.29, 0.717) is 23.5 Å². The summed E-state index contributed by atoms with van der Waals surface area (Å²) in [5, 5.41) is 11.3. The zero-order valence-corrected chi connectivity index (χ0v) is 8.84. The van der Waals surface area contributed by atoms with Crippen molar-refractivity contribution in [3.05, 3.63) is 26.8 Å². The molecule has 0 aliphatic heterocycles. The number of aromatic nitrogens is 3. The minimum Gasteiger partial charge on any atom is -0.493 e. The van der Waals surface area contributed by atoms with Crippen LogP contribution in [0, 0.1) is 0 Å². The number of H-pyrrole nitrogens is 1. The van der Waals surface area contributed by atoms with Gasteiger partial charge in [0.1, 0.15) is 5.69 Å². The van der Waals surface area contributed by atoms with Gasteiger partial charge in [-0.15, -0.1) is 11.3 Å². The Morgan fingerprint density at radius 1 is 1.60 bits per heavy atom. The first-order chi connectivity index (χ1) is 7.22. The van der Waals surface area contributed by atoms with Crippen LogP contribution in [0.4, 0.5) is 0 Å². The minimum absolute atomic E-state index is 0.218. The number of aromatic amines is 1. The molecule has 0 bridgehead atoms. The fraction of sp³-hybridized carbons (Fsp3) is 0.222. The fourth-order valence-corrected chi connectivity index (χ4v) is 1.79. The maximum atomic E-state index is 11.5. The van der Waals surface area contributed by atoms with Crippen molar-refractivity contribution >= 4 is 11.3 Å². The van der Waals surface area contributed by atoms with Crippen molar-refractivity contribution in [3.8, 4) is 17.4 Å². The second kappa shape index (κ2) is 3.82. The number of nitrogens with one attached hydrogen (secondary N) is 1. The third-order valence-corrected chi connectivity index (χ3v) is 2.61. The molecule has 0 amide bonds. The molecule has 0 spiro atoms. The Morgan fingerprint density at radius 3 is 2.93 bits per heavy atom. The van der Waals surface area contributed by atoms with E-state index in [2.05, 4.69) is 15.0 Å². The Morgan fingerprint density at radius 2 is 2.40 bits per heavy atom. The first-order valence-electron chi connectivity index (χ1n) is 4.43. The fourth-order valence-electron chi connectivity index (χ4n) is 1.26. The summed E-state index contributed by atoms with van der Waals surface area (Å²) in [6.45, 7) is 1.79. The molecule has 2 heterocycles. The lowest BCUT2D eigenvalue weighted by atomic mass is 10.2. The van der Waals surface area contributed by atoms with Crippen LogP contribution in [0.2, 0.25) is 0 Å². The van der Waals surface area contributed by atoms with Gasteiger partial charge in [0.2, 0.25) is 5.88 Å². The third-order valence-electron chi connectivity index (χ3n) is 2.02. The molecule has 0 saturated heterocycles. The molecular weight excluding hydrogens is 214 g/mol. The van der Waals surface area contributed by atoms with E-state index in [4.69, 9.17) is 0 Å². The molecule has 0 aliphatic carbocycles. The highest BCUT2D eigenvalue weighted by Gasteiger charge is 2.10. The van der Waals surface area contributed by atoms with Crippen molar-refractivity contribution in [1.82, 2.24) is 15.0 Å². The summed E-state index contributed by atoms with van der Waals surface area (Å²) < 4.78 is 0. The Hall–Kier alpha value is -1.69. The molecule has 6 heteroatoms. The molecule has 5 nitrogen and oxygen atoms in total. The van der Waals surface area contributed by atoms with E-state index < -0.39 is 0 Å². The summed E-state index contributed by atoms with van der Waals surface area (Å²) in [6.07, 6.45) is 0.450. The van der Waals surface area contributed by atoms with Crippen LogP contribution in [-0.4, -0.2) is 20.1 Å². The van der Waals surface area contributed by atoms with Crippen LogP contribution in [0.25, 0.3) is 11.5 Å². The van der Waals surface area contributed by atoms with E-state index in [-0.39, 0.29) is 11.4 Å². The number of aromatic hydroxyl groups is 1. The van der Waals surface area contributed by atoms with E-state index in [1.807, 2.05) is 0 Å². The zero-order chi connectivity index (χ0) is 10.8. The lowest BCUT2D eigenvalue weighted by molar-refractivity contribution is 0.444. The van der Waals surface area contributed by atoms with E-state index in [1.165, 1.54) is 11.3 Å². The normalized spacial score (nSPS) is 10.5. The largest absolute Gasteiger partial charge is 0.493 e. The van der Waals surface area contributed by atoms with Gasteiger partial charge in [-0.2, -0.15) is 4.98 Å². The van der Waals surface area contributed by atoms with Crippen molar-refractivity contribution in [2.45, 2.75) is 13.3 Å². The highest BCUT2D eigenvalue weighted by atomic mass is 32.1. The maximum absolute atomic E-state index is 11.5. The summed E-state index contributed by atoms with van der Waals surface area (Å²) in [5.74, 6) is 0.0835. The summed E-state index contributed by atoms with van der Waals surface area (Å²) >= 11 is 1.40. The predicted octanol–water partition coefficient (Wildman–Crippen LogP) is 1.16. The molecule has 2 aromatic heterocycles. The van der Waals surface area contributed by atoms with Crippen molar-refractivity contribution in [1.29, 1.82) is 0 Å². The van der Waals surface area contributed by atoms with Crippen molar-refractivity contribution < 1.29 is 5.11 Å². The van der Waals surface area contributed by atoms with E-state index >= 15 is 0 Å². The monoisotopic (exact) mass is 223 g/mol. The van der Waals surface area contributed by atoms with Gasteiger partial charge in [-0.3, -0.25) is 4.79 Å². The molecule has 0 saturated carbocycles. The summed E-state index contributed by atoms with van der Waals surface area (Å²) in [5.41, 5.74) is 2.19. The zero-order valence-electron chi connectivity index (χ0n) is 8.02. The highest BCUT2D eigenvalue weighted by molar-refractivity contribution is 7.07. The molecule has 15 heavy (non-hydrogen) atoms. The van der Waals surface area contributed by atoms with Gasteiger partial charge in [-0.1, -0.05) is 6.92 Å². The summed E-state index contributed by atoms with van der Waals surface area (Å²) in [4.78, 5) is 22.0. The molecule has 0 unspecified atom stereocenters. The number of nitrogens with zero attached hydrogens (tertiary/aromatic N) is 2. The molecule has 0 radical (unpaired) electrons. The number of hydrogen-bond donors (Lipinski definition) is 2. The Kier molecular flexibility index (Phi) is 2.51. The van der Waals surface area contributed by atoms with Gasteiger partial charge >= 0.3 is 0 Å². The quantitative estimate of drug-likeness (QED) is 0.800. The van der Waals surface area contributed by atoms with Gasteiger partial charge in [0.25, 0.3) is 5.56 Å². The van der Waals surface area contributed by atoms with Crippen LogP contribution in [0.3, 0.4) is 0 Å². The van der Waals surface area contributed by atoms with E-state index in [1.54, 1.807) is 17.8 Å². The lowest BCUT2D eigenvalue weighted by Gasteiger charge is -2.01. The SMILES string of the molecule is CCc1c(O)nc(-c2cscn2)[nH]c1=O. The van der Waals surface area contributed by atoms with Crippen LogP contribution in [-0.2, 0) is 6.42 Å². The molecule has 0 aliphatic rings. The van der Waals surface area contributed by atoms with Gasteiger partial charge in [0, 0.05) is 5.38 Å². The second-order valence-corrected chi connectivity index (χ2v) is 3.66. The van der Waals surface area contributed by atoms with Gasteiger partial charge < -0.3 is 10.1 Å². The molecule has 0 atom stereocenters. The van der Waals surface area contributed by atoms with Crippen molar-refractivity contribution in [2.24, 2.45) is 0 Å². The Labute approximate surface area is 89.5 Å². The van der Waals surface area contributed by atoms with E-state index in [0.717, 1.165) is 0 Å². The number of rotatable bonds is 2. The highest BCUT2D eigenvalue weighted by Crippen LogP contribution is 2.17. The molecule has 2 rings (SSSR count). The van der Waals surface area contributed by atoms with Gasteiger partial charge in [-0.25, -0.2) is 4.98 Å². The minimum atomic E-state index is -0.312. The van der Waals surface area contributed by atoms with E-state index in [9.17, 15) is 9.90 Å². The first kappa shape index (κ1) is 9.85. The predicted molar refractivity (Wildman–Crippen MR) is 57.0 cm³/mol. The second-order valence-electron chi connectivity index (χ2n) is 2.94. The topological polar surface area (TPSA) is 78.9 Å². The van der Waals surface area contributed by atoms with Gasteiger partial charge in [0.05, 0.1) is 11.1 Å². The smallest absolute Gasteiger partial charge is 0.258 e. The lowest BCUT2D eigenvalue weighted by Crippen LogP contribution is -2.14. The molecule has 78 valence electrons. The molecular formula is C9H9N3O2S. The van der Waals surface area contributed by atoms with Crippen LogP contribution >= 0.6 is 11.3 Å². The number of thiazole rings is 1. The maximum Gasteiger partial charge on any atom is 0.258 e. The van der Waals surface area contributed by atoms with Gasteiger partial charge in [-0.05, 0) is 6.42 Å². The standard InChI is InChI=1S/C9H9N3O2S/c1-2-5-8(13)11-7(12-9(5)14)6-3-15-4-10-6/h3-4H,2H2,1H3,(H2,11,12,13,14). The van der Waals surface area contributed by atoms with Crippen LogP contribution in [0.15, 0.2) is 15.7 Å².